The molecule has 1 atom stereocenters. The van der Waals surface area contributed by atoms with Gasteiger partial charge < -0.3 is 9.47 Å². The zero-order chi connectivity index (χ0) is 20.0. The van der Waals surface area contributed by atoms with Crippen LogP contribution in [0.15, 0.2) is 12.1 Å². The number of ether oxygens (including phenoxy) is 2. The van der Waals surface area contributed by atoms with Crippen molar-refractivity contribution in [2.24, 2.45) is 0 Å². The van der Waals surface area contributed by atoms with Crippen LogP contribution < -0.4 is 9.47 Å². The van der Waals surface area contributed by atoms with Gasteiger partial charge in [0.25, 0.3) is 0 Å². The third kappa shape index (κ3) is 3.36. The van der Waals surface area contributed by atoms with E-state index in [0.717, 1.165) is 16.9 Å². The maximum atomic E-state index is 13.0. The highest BCUT2D eigenvalue weighted by Gasteiger charge is 2.32. The summed E-state index contributed by atoms with van der Waals surface area (Å²) in [7, 11) is 0. The Morgan fingerprint density at radius 2 is 1.48 bits per heavy atom. The zero-order valence-corrected chi connectivity index (χ0v) is 17.7. The van der Waals surface area contributed by atoms with Crippen molar-refractivity contribution in [2.45, 2.75) is 74.0 Å². The van der Waals surface area contributed by atoms with Gasteiger partial charge in [-0.3, -0.25) is 4.79 Å². The molecular weight excluding hydrogens is 336 g/mol. The Balaban J connectivity index is 2.10. The molecule has 1 heterocycles. The molecule has 1 aliphatic rings. The Morgan fingerprint density at radius 3 is 2.04 bits per heavy atom. The molecule has 0 bridgehead atoms. The van der Waals surface area contributed by atoms with Crippen LogP contribution in [0.4, 0.5) is 0 Å². The van der Waals surface area contributed by atoms with E-state index < -0.39 is 0 Å². The standard InChI is InChI=1S/C24H30O3/c1-12(2)26-19-9-13(3)23-20(25)11-22(27-21(23)10-19)24-17(7)15(5)14(4)16(6)18(24)8/h9-10,12,22H,11H2,1-8H3. The number of rotatable bonds is 3. The van der Waals surface area contributed by atoms with Gasteiger partial charge in [-0.05, 0) is 100 Å². The van der Waals surface area contributed by atoms with Crippen molar-refractivity contribution >= 4 is 5.78 Å². The lowest BCUT2D eigenvalue weighted by Crippen LogP contribution is -2.23. The van der Waals surface area contributed by atoms with E-state index >= 15 is 0 Å². The van der Waals surface area contributed by atoms with E-state index in [0.29, 0.717) is 17.7 Å². The Bertz CT molecular complexity index is 893. The smallest absolute Gasteiger partial charge is 0.170 e. The minimum atomic E-state index is -0.253. The van der Waals surface area contributed by atoms with Crippen molar-refractivity contribution in [3.63, 3.8) is 0 Å². The Labute approximate surface area is 162 Å². The summed E-state index contributed by atoms with van der Waals surface area (Å²) in [4.78, 5) is 13.0. The summed E-state index contributed by atoms with van der Waals surface area (Å²) in [5.74, 6) is 1.53. The lowest BCUT2D eigenvalue weighted by molar-refractivity contribution is 0.0846. The highest BCUT2D eigenvalue weighted by atomic mass is 16.5. The summed E-state index contributed by atoms with van der Waals surface area (Å²) in [6.45, 7) is 16.7. The van der Waals surface area contributed by atoms with Gasteiger partial charge in [-0.2, -0.15) is 0 Å². The molecule has 0 fully saturated rings. The van der Waals surface area contributed by atoms with Gasteiger partial charge in [0.05, 0.1) is 18.1 Å². The molecule has 0 spiro atoms. The largest absolute Gasteiger partial charge is 0.491 e. The highest BCUT2D eigenvalue weighted by Crippen LogP contribution is 2.42. The zero-order valence-electron chi connectivity index (χ0n) is 17.7. The van der Waals surface area contributed by atoms with Crippen molar-refractivity contribution in [1.29, 1.82) is 0 Å². The molecule has 144 valence electrons. The minimum Gasteiger partial charge on any atom is -0.491 e. The summed E-state index contributed by atoms with van der Waals surface area (Å²) in [6.07, 6.45) is 0.197. The molecule has 0 aromatic heterocycles. The van der Waals surface area contributed by atoms with E-state index in [1.54, 1.807) is 0 Å². The van der Waals surface area contributed by atoms with Crippen molar-refractivity contribution in [1.82, 2.24) is 0 Å². The lowest BCUT2D eigenvalue weighted by Gasteiger charge is -2.31. The molecule has 0 amide bonds. The highest BCUT2D eigenvalue weighted by molar-refractivity contribution is 6.01. The van der Waals surface area contributed by atoms with Crippen molar-refractivity contribution < 1.29 is 14.3 Å². The van der Waals surface area contributed by atoms with Crippen LogP contribution in [0.3, 0.4) is 0 Å². The number of Topliss-reactive ketones (excluding diaryl/α,β-unsaturated/α-hetero) is 1. The predicted octanol–water partition coefficient (Wildman–Crippen LogP) is 6.03. The summed E-state index contributed by atoms with van der Waals surface area (Å²) >= 11 is 0. The Kier molecular flexibility index (Phi) is 5.07. The lowest BCUT2D eigenvalue weighted by atomic mass is 9.84. The second kappa shape index (κ2) is 7.03. The Hall–Kier alpha value is -2.29. The normalized spacial score (nSPS) is 16.3. The molecule has 3 rings (SSSR count). The van der Waals surface area contributed by atoms with E-state index in [9.17, 15) is 4.79 Å². The van der Waals surface area contributed by atoms with Crippen LogP contribution in [-0.4, -0.2) is 11.9 Å². The fourth-order valence-electron chi connectivity index (χ4n) is 4.15. The molecule has 27 heavy (non-hydrogen) atoms. The SMILES string of the molecule is Cc1cc(OC(C)C)cc2c1C(=O)CC(c1c(C)c(C)c(C)c(C)c1C)O2. The number of hydrogen-bond donors (Lipinski definition) is 0. The minimum absolute atomic E-state index is 0.0735. The monoisotopic (exact) mass is 366 g/mol. The fourth-order valence-corrected chi connectivity index (χ4v) is 4.15. The van der Waals surface area contributed by atoms with E-state index in [4.69, 9.17) is 9.47 Å². The molecule has 3 nitrogen and oxygen atoms in total. The fraction of sp³-hybridized carbons (Fsp3) is 0.458. The molecule has 0 saturated heterocycles. The maximum Gasteiger partial charge on any atom is 0.170 e. The van der Waals surface area contributed by atoms with Gasteiger partial charge in [0, 0.05) is 6.07 Å². The van der Waals surface area contributed by atoms with Crippen LogP contribution in [0, 0.1) is 41.5 Å². The molecule has 2 aromatic carbocycles. The number of carbonyl (C=O) groups is 1. The summed E-state index contributed by atoms with van der Waals surface area (Å²) in [5.41, 5.74) is 9.09. The molecule has 1 unspecified atom stereocenters. The quantitative estimate of drug-likeness (QED) is 0.665. The molecule has 2 aromatic rings. The number of ketones is 1. The first kappa shape index (κ1) is 19.5. The third-order valence-corrected chi connectivity index (χ3v) is 5.94. The summed E-state index contributed by atoms with van der Waals surface area (Å²) in [5, 5.41) is 0. The molecule has 0 N–H and O–H groups in total. The van der Waals surface area contributed by atoms with Crippen molar-refractivity contribution in [3.05, 3.63) is 56.6 Å². The first-order chi connectivity index (χ1) is 12.6. The molecular formula is C24H30O3. The van der Waals surface area contributed by atoms with Gasteiger partial charge >= 0.3 is 0 Å². The van der Waals surface area contributed by atoms with Gasteiger partial charge in [0.15, 0.2) is 5.78 Å². The summed E-state index contributed by atoms with van der Waals surface area (Å²) < 4.78 is 12.2. The van der Waals surface area contributed by atoms with Gasteiger partial charge in [0.1, 0.15) is 17.6 Å². The van der Waals surface area contributed by atoms with E-state index in [-0.39, 0.29) is 18.0 Å². The van der Waals surface area contributed by atoms with Crippen LogP contribution in [0.1, 0.15) is 75.7 Å². The van der Waals surface area contributed by atoms with Crippen molar-refractivity contribution in [2.75, 3.05) is 0 Å². The number of fused-ring (bicyclic) bond motifs is 1. The van der Waals surface area contributed by atoms with Gasteiger partial charge in [-0.1, -0.05) is 0 Å². The van der Waals surface area contributed by atoms with Crippen LogP contribution in [0.25, 0.3) is 0 Å². The average Bonchev–Trinajstić information content (AvgIpc) is 2.57. The molecule has 1 aliphatic heterocycles. The molecule has 3 heteroatoms. The topological polar surface area (TPSA) is 35.5 Å². The molecule has 0 radical (unpaired) electrons. The number of carbonyl (C=O) groups excluding carboxylic acids is 1. The number of aryl methyl sites for hydroxylation is 1. The van der Waals surface area contributed by atoms with Crippen molar-refractivity contribution in [3.8, 4) is 11.5 Å². The van der Waals surface area contributed by atoms with Crippen LogP contribution in [0.2, 0.25) is 0 Å². The van der Waals surface area contributed by atoms with E-state index in [1.165, 1.54) is 27.8 Å². The third-order valence-electron chi connectivity index (χ3n) is 5.94. The Morgan fingerprint density at radius 1 is 0.926 bits per heavy atom. The van der Waals surface area contributed by atoms with E-state index in [2.05, 4.69) is 34.6 Å². The molecule has 0 saturated carbocycles. The predicted molar refractivity (Wildman–Crippen MR) is 109 cm³/mol. The second-order valence-electron chi connectivity index (χ2n) is 8.05. The van der Waals surface area contributed by atoms with Gasteiger partial charge in [-0.25, -0.2) is 0 Å². The van der Waals surface area contributed by atoms with E-state index in [1.807, 2.05) is 32.9 Å². The second-order valence-corrected chi connectivity index (χ2v) is 8.05. The van der Waals surface area contributed by atoms with Crippen LogP contribution in [0.5, 0.6) is 11.5 Å². The number of benzene rings is 2. The maximum absolute atomic E-state index is 13.0. The first-order valence-electron chi connectivity index (χ1n) is 9.69. The van der Waals surface area contributed by atoms with Gasteiger partial charge in [-0.15, -0.1) is 0 Å². The molecule has 0 aliphatic carbocycles. The van der Waals surface area contributed by atoms with Gasteiger partial charge in [0.2, 0.25) is 0 Å². The number of hydrogen-bond acceptors (Lipinski definition) is 3. The average molecular weight is 367 g/mol. The first-order valence-corrected chi connectivity index (χ1v) is 9.69. The summed E-state index contributed by atoms with van der Waals surface area (Å²) in [6, 6.07) is 3.79. The van der Waals surface area contributed by atoms with Crippen LogP contribution >= 0.6 is 0 Å². The van der Waals surface area contributed by atoms with Crippen LogP contribution in [-0.2, 0) is 0 Å².